The molecule has 1 heterocycles. The van der Waals surface area contributed by atoms with Gasteiger partial charge in [0.1, 0.15) is 12.6 Å². The van der Waals surface area contributed by atoms with E-state index in [0.717, 1.165) is 17.2 Å². The van der Waals surface area contributed by atoms with Gasteiger partial charge in [0.25, 0.3) is 0 Å². The molecule has 0 amide bonds. The summed E-state index contributed by atoms with van der Waals surface area (Å²) in [5.41, 5.74) is 1.25. The second kappa shape index (κ2) is 6.74. The number of nitrogens with zero attached hydrogens (tertiary/aromatic N) is 1. The normalized spacial score (nSPS) is 12.3. The average Bonchev–Trinajstić information content (AvgIpc) is 2.76. The molecule has 5 nitrogen and oxygen atoms in total. The van der Waals surface area contributed by atoms with Crippen LogP contribution in [0.3, 0.4) is 0 Å². The number of esters is 1. The zero-order valence-electron chi connectivity index (χ0n) is 11.8. The average molecular weight is 310 g/mol. The van der Waals surface area contributed by atoms with Crippen LogP contribution in [0.5, 0.6) is 0 Å². The van der Waals surface area contributed by atoms with Crippen molar-refractivity contribution in [2.45, 2.75) is 19.6 Å². The summed E-state index contributed by atoms with van der Waals surface area (Å²) in [5, 5.41) is 1.26. The zero-order chi connectivity index (χ0) is 15.4. The van der Waals surface area contributed by atoms with Gasteiger partial charge in [0.15, 0.2) is 6.29 Å². The van der Waals surface area contributed by atoms with Crippen LogP contribution in [0.4, 0.5) is 0 Å². The van der Waals surface area contributed by atoms with Gasteiger partial charge in [0, 0.05) is 34.8 Å². The first-order chi connectivity index (χ1) is 10.0. The number of aldehydes is 1. The van der Waals surface area contributed by atoms with E-state index >= 15 is 0 Å². The number of fused-ring (bicyclic) bond motifs is 1. The van der Waals surface area contributed by atoms with Crippen LogP contribution < -0.4 is 0 Å². The Morgan fingerprint density at radius 2 is 2.24 bits per heavy atom. The molecule has 0 aliphatic carbocycles. The van der Waals surface area contributed by atoms with Crippen molar-refractivity contribution in [2.75, 3.05) is 13.7 Å². The van der Waals surface area contributed by atoms with Gasteiger partial charge in [-0.1, -0.05) is 11.6 Å². The summed E-state index contributed by atoms with van der Waals surface area (Å²) in [6.07, 6.45) is 2.05. The molecule has 1 unspecified atom stereocenters. The summed E-state index contributed by atoms with van der Waals surface area (Å²) in [7, 11) is 1.55. The van der Waals surface area contributed by atoms with Crippen LogP contribution in [0.1, 0.15) is 17.3 Å². The highest BCUT2D eigenvalue weighted by atomic mass is 35.5. The summed E-state index contributed by atoms with van der Waals surface area (Å²) in [6, 6.07) is 5.19. The molecule has 0 saturated heterocycles. The van der Waals surface area contributed by atoms with Crippen LogP contribution in [0.2, 0.25) is 5.02 Å². The van der Waals surface area contributed by atoms with Crippen LogP contribution in [-0.2, 0) is 20.8 Å². The van der Waals surface area contributed by atoms with Crippen molar-refractivity contribution in [3.8, 4) is 0 Å². The lowest BCUT2D eigenvalue weighted by Crippen LogP contribution is -2.22. The van der Waals surface area contributed by atoms with Crippen molar-refractivity contribution < 1.29 is 19.1 Å². The third-order valence-corrected chi connectivity index (χ3v) is 3.27. The van der Waals surface area contributed by atoms with Gasteiger partial charge in [-0.15, -0.1) is 0 Å². The van der Waals surface area contributed by atoms with Gasteiger partial charge < -0.3 is 14.0 Å². The van der Waals surface area contributed by atoms with E-state index in [1.165, 1.54) is 0 Å². The molecule has 0 aliphatic heterocycles. The van der Waals surface area contributed by atoms with E-state index in [4.69, 9.17) is 21.1 Å². The van der Waals surface area contributed by atoms with Crippen molar-refractivity contribution in [2.24, 2.45) is 0 Å². The Labute approximate surface area is 127 Å². The SMILES string of the molecule is COCC(C)OC(=O)Cn1cc(C=O)c2cc(Cl)ccc21. The van der Waals surface area contributed by atoms with Crippen molar-refractivity contribution in [3.05, 3.63) is 35.0 Å². The highest BCUT2D eigenvalue weighted by Crippen LogP contribution is 2.24. The van der Waals surface area contributed by atoms with Crippen LogP contribution in [0.25, 0.3) is 10.9 Å². The fourth-order valence-electron chi connectivity index (χ4n) is 2.19. The number of methoxy groups -OCH3 is 1. The Kier molecular flexibility index (Phi) is 4.98. The predicted molar refractivity (Wildman–Crippen MR) is 79.8 cm³/mol. The van der Waals surface area contributed by atoms with Gasteiger partial charge in [-0.25, -0.2) is 0 Å². The van der Waals surface area contributed by atoms with Gasteiger partial charge >= 0.3 is 5.97 Å². The minimum absolute atomic E-state index is 0.0278. The molecule has 0 aliphatic rings. The lowest BCUT2D eigenvalue weighted by Gasteiger charge is -2.12. The molecule has 2 aromatic rings. The first-order valence-electron chi connectivity index (χ1n) is 6.47. The van der Waals surface area contributed by atoms with Crippen LogP contribution >= 0.6 is 11.6 Å². The molecule has 1 aromatic carbocycles. The topological polar surface area (TPSA) is 57.5 Å². The van der Waals surface area contributed by atoms with E-state index in [1.807, 2.05) is 0 Å². The maximum absolute atomic E-state index is 11.9. The molecule has 1 aromatic heterocycles. The van der Waals surface area contributed by atoms with Gasteiger partial charge in [-0.05, 0) is 25.1 Å². The fourth-order valence-corrected chi connectivity index (χ4v) is 2.36. The standard InChI is InChI=1S/C15H16ClNO4/c1-10(9-20-2)21-15(19)7-17-6-11(8-18)13-5-12(16)3-4-14(13)17/h3-6,8,10H,7,9H2,1-2H3. The number of carbonyl (C=O) groups excluding carboxylic acids is 2. The minimum Gasteiger partial charge on any atom is -0.459 e. The largest absolute Gasteiger partial charge is 0.459 e. The highest BCUT2D eigenvalue weighted by Gasteiger charge is 2.14. The van der Waals surface area contributed by atoms with Crippen molar-refractivity contribution in [1.29, 1.82) is 0 Å². The summed E-state index contributed by atoms with van der Waals surface area (Å²) in [4.78, 5) is 23.0. The van der Waals surface area contributed by atoms with E-state index < -0.39 is 0 Å². The first kappa shape index (κ1) is 15.5. The molecule has 0 saturated carbocycles. The Balaban J connectivity index is 2.22. The minimum atomic E-state index is -0.385. The van der Waals surface area contributed by atoms with E-state index in [0.29, 0.717) is 17.2 Å². The second-order valence-corrected chi connectivity index (χ2v) is 5.18. The molecular formula is C15H16ClNO4. The third-order valence-electron chi connectivity index (χ3n) is 3.03. The van der Waals surface area contributed by atoms with Crippen molar-refractivity contribution in [3.63, 3.8) is 0 Å². The van der Waals surface area contributed by atoms with E-state index in [1.54, 1.807) is 43.0 Å². The van der Waals surface area contributed by atoms with Crippen molar-refractivity contribution >= 4 is 34.8 Å². The third kappa shape index (κ3) is 3.62. The number of rotatable bonds is 6. The lowest BCUT2D eigenvalue weighted by molar-refractivity contribution is -0.151. The smallest absolute Gasteiger partial charge is 0.326 e. The summed E-state index contributed by atoms with van der Waals surface area (Å²) in [5.74, 6) is -0.385. The zero-order valence-corrected chi connectivity index (χ0v) is 12.6. The van der Waals surface area contributed by atoms with Crippen molar-refractivity contribution in [1.82, 2.24) is 4.57 Å². The van der Waals surface area contributed by atoms with Gasteiger partial charge in [-0.3, -0.25) is 9.59 Å². The number of hydrogen-bond donors (Lipinski definition) is 0. The maximum Gasteiger partial charge on any atom is 0.326 e. The summed E-state index contributed by atoms with van der Waals surface area (Å²) >= 11 is 5.94. The molecule has 6 heteroatoms. The molecular weight excluding hydrogens is 294 g/mol. The molecule has 0 bridgehead atoms. The number of carbonyl (C=O) groups is 2. The molecule has 0 spiro atoms. The molecule has 0 N–H and O–H groups in total. The van der Waals surface area contributed by atoms with E-state index in [2.05, 4.69) is 0 Å². The Bertz CT molecular complexity index is 665. The monoisotopic (exact) mass is 309 g/mol. The summed E-state index contributed by atoms with van der Waals surface area (Å²) in [6.45, 7) is 2.12. The fraction of sp³-hybridized carbons (Fsp3) is 0.333. The maximum atomic E-state index is 11.9. The highest BCUT2D eigenvalue weighted by molar-refractivity contribution is 6.31. The number of halogens is 1. The molecule has 2 rings (SSSR count). The van der Waals surface area contributed by atoms with Gasteiger partial charge in [-0.2, -0.15) is 0 Å². The lowest BCUT2D eigenvalue weighted by atomic mass is 10.2. The van der Waals surface area contributed by atoms with E-state index in [9.17, 15) is 9.59 Å². The Hall–Kier alpha value is -1.85. The number of aromatic nitrogens is 1. The number of ether oxygens (including phenoxy) is 2. The quantitative estimate of drug-likeness (QED) is 0.608. The molecule has 0 fully saturated rings. The van der Waals surface area contributed by atoms with E-state index in [-0.39, 0.29) is 18.6 Å². The summed E-state index contributed by atoms with van der Waals surface area (Å²) < 4.78 is 11.8. The Morgan fingerprint density at radius 3 is 2.90 bits per heavy atom. The molecule has 21 heavy (non-hydrogen) atoms. The second-order valence-electron chi connectivity index (χ2n) is 4.75. The van der Waals surface area contributed by atoms with Crippen LogP contribution in [0.15, 0.2) is 24.4 Å². The molecule has 0 radical (unpaired) electrons. The van der Waals surface area contributed by atoms with Gasteiger partial charge in [0.2, 0.25) is 0 Å². The van der Waals surface area contributed by atoms with Crippen LogP contribution in [0, 0.1) is 0 Å². The Morgan fingerprint density at radius 1 is 1.48 bits per heavy atom. The molecule has 112 valence electrons. The number of benzene rings is 1. The number of hydrogen-bond acceptors (Lipinski definition) is 4. The van der Waals surface area contributed by atoms with Gasteiger partial charge in [0.05, 0.1) is 6.61 Å². The predicted octanol–water partition coefficient (Wildman–Crippen LogP) is 2.69. The first-order valence-corrected chi connectivity index (χ1v) is 6.85. The molecule has 1 atom stereocenters. The van der Waals surface area contributed by atoms with Crippen LogP contribution in [-0.4, -0.2) is 36.6 Å².